The van der Waals surface area contributed by atoms with Gasteiger partial charge >= 0.3 is 0 Å². The molecule has 0 unspecified atom stereocenters. The van der Waals surface area contributed by atoms with E-state index in [1.165, 1.54) is 11.8 Å². The van der Waals surface area contributed by atoms with Crippen molar-refractivity contribution in [3.63, 3.8) is 0 Å². The lowest BCUT2D eigenvalue weighted by atomic mass is 10.2. The molecule has 0 atom stereocenters. The SMILES string of the molecule is O=C1/C(=C\c2ccc(OCc3ccccc3Cl)c(Cl)c2)SC(=NCc2ccccc2)N1Cc1ccccc1. The number of hydrogen-bond donors (Lipinski definition) is 0. The molecular weight excluding hydrogens is 535 g/mol. The van der Waals surface area contributed by atoms with Crippen molar-refractivity contribution in [1.82, 2.24) is 4.90 Å². The molecule has 1 heterocycles. The van der Waals surface area contributed by atoms with E-state index in [0.29, 0.717) is 45.6 Å². The molecule has 4 aromatic rings. The first-order valence-corrected chi connectivity index (χ1v) is 13.6. The molecule has 190 valence electrons. The first-order valence-electron chi connectivity index (χ1n) is 12.1. The van der Waals surface area contributed by atoms with Crippen LogP contribution in [0.15, 0.2) is 113 Å². The zero-order valence-corrected chi connectivity index (χ0v) is 22.7. The van der Waals surface area contributed by atoms with Gasteiger partial charge in [0.15, 0.2) is 5.17 Å². The maximum atomic E-state index is 13.5. The molecule has 4 nitrogen and oxygen atoms in total. The van der Waals surface area contributed by atoms with Crippen LogP contribution < -0.4 is 4.74 Å². The molecule has 5 rings (SSSR count). The van der Waals surface area contributed by atoms with Crippen molar-refractivity contribution in [2.45, 2.75) is 19.7 Å². The summed E-state index contributed by atoms with van der Waals surface area (Å²) in [5, 5.41) is 1.78. The molecule has 0 spiro atoms. The Morgan fingerprint density at radius 3 is 2.21 bits per heavy atom. The minimum atomic E-state index is -0.0826. The number of hydrogen-bond acceptors (Lipinski definition) is 4. The van der Waals surface area contributed by atoms with Crippen LogP contribution in [0.25, 0.3) is 6.08 Å². The number of carbonyl (C=O) groups excluding carboxylic acids is 1. The molecule has 1 amide bonds. The summed E-state index contributed by atoms with van der Waals surface area (Å²) in [7, 11) is 0. The van der Waals surface area contributed by atoms with Gasteiger partial charge in [0.05, 0.1) is 23.0 Å². The molecule has 1 saturated heterocycles. The lowest BCUT2D eigenvalue weighted by Gasteiger charge is -2.15. The van der Waals surface area contributed by atoms with E-state index in [9.17, 15) is 4.79 Å². The second kappa shape index (κ2) is 12.4. The third kappa shape index (κ3) is 6.48. The minimum Gasteiger partial charge on any atom is -0.487 e. The summed E-state index contributed by atoms with van der Waals surface area (Å²) in [6.07, 6.45) is 1.85. The number of ether oxygens (including phenoxy) is 1. The van der Waals surface area contributed by atoms with Gasteiger partial charge in [0.25, 0.3) is 5.91 Å². The molecule has 1 fully saturated rings. The average molecular weight is 560 g/mol. The maximum absolute atomic E-state index is 13.5. The van der Waals surface area contributed by atoms with Gasteiger partial charge in [0, 0.05) is 10.6 Å². The van der Waals surface area contributed by atoms with Gasteiger partial charge in [-0.3, -0.25) is 14.7 Å². The van der Waals surface area contributed by atoms with E-state index in [0.717, 1.165) is 22.3 Å². The average Bonchev–Trinajstić information content (AvgIpc) is 3.22. The van der Waals surface area contributed by atoms with Crippen LogP contribution in [0.4, 0.5) is 0 Å². The Hall–Kier alpha value is -3.51. The van der Waals surface area contributed by atoms with Crippen molar-refractivity contribution < 1.29 is 9.53 Å². The van der Waals surface area contributed by atoms with E-state index < -0.39 is 0 Å². The highest BCUT2D eigenvalue weighted by atomic mass is 35.5. The Morgan fingerprint density at radius 2 is 1.50 bits per heavy atom. The molecule has 0 radical (unpaired) electrons. The number of rotatable bonds is 8. The van der Waals surface area contributed by atoms with Gasteiger partial charge in [-0.05, 0) is 52.7 Å². The highest BCUT2D eigenvalue weighted by molar-refractivity contribution is 8.18. The molecule has 0 aliphatic carbocycles. The van der Waals surface area contributed by atoms with E-state index in [1.807, 2.05) is 103 Å². The molecular formula is C31H24Cl2N2O2S. The number of benzene rings is 4. The van der Waals surface area contributed by atoms with Gasteiger partial charge in [-0.15, -0.1) is 0 Å². The van der Waals surface area contributed by atoms with Crippen LogP contribution in [-0.4, -0.2) is 16.0 Å². The lowest BCUT2D eigenvalue weighted by Crippen LogP contribution is -2.28. The van der Waals surface area contributed by atoms with Crippen LogP contribution in [-0.2, 0) is 24.5 Å². The summed E-state index contributed by atoms with van der Waals surface area (Å²) in [4.78, 5) is 20.6. The Morgan fingerprint density at radius 1 is 0.816 bits per heavy atom. The highest BCUT2D eigenvalue weighted by Gasteiger charge is 2.33. The maximum Gasteiger partial charge on any atom is 0.267 e. The van der Waals surface area contributed by atoms with E-state index in [2.05, 4.69) is 0 Å². The second-order valence-corrected chi connectivity index (χ2v) is 10.5. The molecule has 1 aliphatic rings. The van der Waals surface area contributed by atoms with Crippen LogP contribution in [0.1, 0.15) is 22.3 Å². The van der Waals surface area contributed by atoms with E-state index in [4.69, 9.17) is 32.9 Å². The third-order valence-corrected chi connectivity index (χ3v) is 7.61. The third-order valence-electron chi connectivity index (χ3n) is 5.91. The van der Waals surface area contributed by atoms with Crippen molar-refractivity contribution in [3.05, 3.63) is 140 Å². The molecule has 0 saturated carbocycles. The van der Waals surface area contributed by atoms with E-state index in [-0.39, 0.29) is 5.91 Å². The van der Waals surface area contributed by atoms with E-state index >= 15 is 0 Å². The molecule has 1 aliphatic heterocycles. The number of amidine groups is 1. The van der Waals surface area contributed by atoms with Crippen LogP contribution in [0, 0.1) is 0 Å². The standard InChI is InChI=1S/C31H24Cl2N2O2S/c32-26-14-8-7-13-25(26)21-37-28-16-15-24(17-27(28)33)18-29-30(36)35(20-23-11-5-2-6-12-23)31(38-29)34-19-22-9-3-1-4-10-22/h1-18H,19-21H2/b29-18+,34-31?. The Balaban J connectivity index is 1.35. The predicted molar refractivity (Wildman–Crippen MR) is 157 cm³/mol. The fourth-order valence-electron chi connectivity index (χ4n) is 3.92. The summed E-state index contributed by atoms with van der Waals surface area (Å²) in [5.74, 6) is 0.468. The van der Waals surface area contributed by atoms with Crippen molar-refractivity contribution >= 4 is 52.1 Å². The van der Waals surface area contributed by atoms with Crippen molar-refractivity contribution in [2.75, 3.05) is 0 Å². The molecule has 0 bridgehead atoms. The second-order valence-electron chi connectivity index (χ2n) is 8.64. The molecule has 0 N–H and O–H groups in total. The summed E-state index contributed by atoms with van der Waals surface area (Å²) in [6, 6.07) is 32.9. The van der Waals surface area contributed by atoms with Crippen LogP contribution in [0.3, 0.4) is 0 Å². The highest BCUT2D eigenvalue weighted by Crippen LogP contribution is 2.35. The van der Waals surface area contributed by atoms with Gasteiger partial charge in [0.2, 0.25) is 0 Å². The first kappa shape index (κ1) is 26.1. The Labute approximate surface area is 236 Å². The van der Waals surface area contributed by atoms with E-state index in [1.54, 1.807) is 11.0 Å². The van der Waals surface area contributed by atoms with Gasteiger partial charge in [0.1, 0.15) is 12.4 Å². The van der Waals surface area contributed by atoms with Crippen molar-refractivity contribution in [3.8, 4) is 5.75 Å². The quantitative estimate of drug-likeness (QED) is 0.204. The molecule has 7 heteroatoms. The zero-order valence-electron chi connectivity index (χ0n) is 20.4. The number of aliphatic imine (C=N–C) groups is 1. The monoisotopic (exact) mass is 558 g/mol. The number of halogens is 2. The fraction of sp³-hybridized carbons (Fsp3) is 0.0968. The van der Waals surface area contributed by atoms with Crippen LogP contribution in [0.5, 0.6) is 5.75 Å². The van der Waals surface area contributed by atoms with Gasteiger partial charge in [-0.25, -0.2) is 0 Å². The van der Waals surface area contributed by atoms with Crippen LogP contribution >= 0.6 is 35.0 Å². The summed E-state index contributed by atoms with van der Waals surface area (Å²) >= 11 is 14.1. The Kier molecular flexibility index (Phi) is 8.49. The smallest absolute Gasteiger partial charge is 0.267 e. The molecule has 4 aromatic carbocycles. The number of nitrogens with zero attached hydrogens (tertiary/aromatic N) is 2. The number of thioether (sulfide) groups is 1. The summed E-state index contributed by atoms with van der Waals surface area (Å²) in [6.45, 7) is 1.26. The Bertz CT molecular complexity index is 1490. The van der Waals surface area contributed by atoms with Gasteiger partial charge in [-0.1, -0.05) is 108 Å². The molecule has 38 heavy (non-hydrogen) atoms. The zero-order chi connectivity index (χ0) is 26.3. The van der Waals surface area contributed by atoms with Gasteiger partial charge in [-0.2, -0.15) is 0 Å². The largest absolute Gasteiger partial charge is 0.487 e. The number of carbonyl (C=O) groups is 1. The van der Waals surface area contributed by atoms with Crippen LogP contribution in [0.2, 0.25) is 10.0 Å². The summed E-state index contributed by atoms with van der Waals surface area (Å²) in [5.41, 5.74) is 3.81. The number of amides is 1. The predicted octanol–water partition coefficient (Wildman–Crippen LogP) is 8.25. The first-order chi connectivity index (χ1) is 18.6. The van der Waals surface area contributed by atoms with Gasteiger partial charge < -0.3 is 4.74 Å². The minimum absolute atomic E-state index is 0.0826. The normalized spacial score (nSPS) is 15.4. The summed E-state index contributed by atoms with van der Waals surface area (Å²) < 4.78 is 5.89. The molecule has 0 aromatic heterocycles. The van der Waals surface area contributed by atoms with Crippen molar-refractivity contribution in [1.29, 1.82) is 0 Å². The lowest BCUT2D eigenvalue weighted by molar-refractivity contribution is -0.122. The topological polar surface area (TPSA) is 41.9 Å². The fourth-order valence-corrected chi connectivity index (χ4v) is 5.33. The van der Waals surface area contributed by atoms with Crippen molar-refractivity contribution in [2.24, 2.45) is 4.99 Å².